The maximum absolute atomic E-state index is 13.2. The summed E-state index contributed by atoms with van der Waals surface area (Å²) in [6.45, 7) is 1.75. The molecule has 1 aromatic heterocycles. The van der Waals surface area contributed by atoms with Crippen LogP contribution < -0.4 is 20.2 Å². The van der Waals surface area contributed by atoms with E-state index in [1.54, 1.807) is 59.2 Å². The zero-order valence-electron chi connectivity index (χ0n) is 19.4. The van der Waals surface area contributed by atoms with Crippen LogP contribution in [-0.4, -0.2) is 30.5 Å². The van der Waals surface area contributed by atoms with Crippen molar-refractivity contribution < 1.29 is 19.1 Å². The van der Waals surface area contributed by atoms with Crippen molar-refractivity contribution in [2.45, 2.75) is 13.5 Å². The van der Waals surface area contributed by atoms with E-state index in [1.165, 1.54) is 26.5 Å². The third-order valence-corrected chi connectivity index (χ3v) is 5.83. The zero-order valence-corrected chi connectivity index (χ0v) is 20.2. The molecule has 0 fully saturated rings. The summed E-state index contributed by atoms with van der Waals surface area (Å²) in [5.41, 5.74) is 1.79. The molecule has 0 aliphatic heterocycles. The zero-order chi connectivity index (χ0) is 25.1. The number of hydrogen-bond donors (Lipinski definition) is 1. The summed E-state index contributed by atoms with van der Waals surface area (Å²) in [6.07, 6.45) is 1.42. The summed E-state index contributed by atoms with van der Waals surface area (Å²) >= 11 is 6.15. The van der Waals surface area contributed by atoms with Gasteiger partial charge in [-0.1, -0.05) is 41.4 Å². The molecule has 35 heavy (non-hydrogen) atoms. The number of amides is 1. The van der Waals surface area contributed by atoms with E-state index in [0.29, 0.717) is 33.3 Å². The van der Waals surface area contributed by atoms with Gasteiger partial charge in [-0.3, -0.25) is 14.4 Å². The largest absolute Gasteiger partial charge is 0.497 e. The molecule has 0 aliphatic carbocycles. The number of nitrogens with one attached hydrogen (secondary N) is 1. The van der Waals surface area contributed by atoms with Gasteiger partial charge >= 0.3 is 0 Å². The molecule has 4 rings (SSSR count). The van der Waals surface area contributed by atoms with Gasteiger partial charge in [0.05, 0.1) is 31.0 Å². The minimum atomic E-state index is -0.445. The van der Waals surface area contributed by atoms with E-state index in [4.69, 9.17) is 21.1 Å². The number of pyridine rings is 1. The normalized spacial score (nSPS) is 10.7. The fraction of sp³-hybridized carbons (Fsp3) is 0.148. The molecular weight excluding hydrogens is 468 g/mol. The minimum absolute atomic E-state index is 0.0459. The number of nitrogens with zero attached hydrogens (tertiary/aromatic N) is 1. The predicted molar refractivity (Wildman–Crippen MR) is 136 cm³/mol. The second kappa shape index (κ2) is 10.0. The van der Waals surface area contributed by atoms with Crippen molar-refractivity contribution in [1.29, 1.82) is 0 Å². The summed E-state index contributed by atoms with van der Waals surface area (Å²) in [6, 6.07) is 16.8. The standard InChI is InChI=1S/C27H23ClN2O5/c1-16-4-6-17(7-5-16)26(32)21-14-30(23-10-8-18(28)12-20(23)27(21)33)15-25(31)29-22-13-19(34-2)9-11-24(22)35-3/h4-14H,15H2,1-3H3,(H,29,31). The van der Waals surface area contributed by atoms with Crippen molar-refractivity contribution in [3.63, 3.8) is 0 Å². The van der Waals surface area contributed by atoms with Gasteiger partial charge in [0, 0.05) is 28.2 Å². The molecule has 1 amide bonds. The maximum Gasteiger partial charge on any atom is 0.244 e. The lowest BCUT2D eigenvalue weighted by Gasteiger charge is -2.15. The van der Waals surface area contributed by atoms with Crippen LogP contribution in [0.1, 0.15) is 21.5 Å². The molecule has 7 nitrogen and oxygen atoms in total. The number of anilines is 1. The lowest BCUT2D eigenvalue weighted by molar-refractivity contribution is -0.116. The molecule has 0 saturated heterocycles. The van der Waals surface area contributed by atoms with Gasteiger partial charge in [0.2, 0.25) is 11.3 Å². The highest BCUT2D eigenvalue weighted by Crippen LogP contribution is 2.29. The highest BCUT2D eigenvalue weighted by molar-refractivity contribution is 6.31. The second-order valence-corrected chi connectivity index (χ2v) is 8.41. The summed E-state index contributed by atoms with van der Waals surface area (Å²) < 4.78 is 12.1. The Hall–Kier alpha value is -4.10. The third-order valence-electron chi connectivity index (χ3n) is 5.60. The van der Waals surface area contributed by atoms with Crippen LogP contribution in [0.25, 0.3) is 10.9 Å². The monoisotopic (exact) mass is 490 g/mol. The molecule has 0 spiro atoms. The number of carbonyl (C=O) groups excluding carboxylic acids is 2. The first-order chi connectivity index (χ1) is 16.8. The number of rotatable bonds is 7. The van der Waals surface area contributed by atoms with Gasteiger partial charge in [-0.15, -0.1) is 0 Å². The topological polar surface area (TPSA) is 86.6 Å². The smallest absolute Gasteiger partial charge is 0.244 e. The summed E-state index contributed by atoms with van der Waals surface area (Å²) in [7, 11) is 3.02. The number of ether oxygens (including phenoxy) is 2. The van der Waals surface area contributed by atoms with Gasteiger partial charge < -0.3 is 19.4 Å². The highest BCUT2D eigenvalue weighted by Gasteiger charge is 2.19. The van der Waals surface area contributed by atoms with Crippen LogP contribution in [0.3, 0.4) is 0 Å². The van der Waals surface area contributed by atoms with Crippen LogP contribution in [-0.2, 0) is 11.3 Å². The number of benzene rings is 3. The summed E-state index contributed by atoms with van der Waals surface area (Å²) in [5, 5.41) is 3.41. The Morgan fingerprint density at radius 2 is 1.71 bits per heavy atom. The Labute approximate surface area is 206 Å². The molecule has 0 bridgehead atoms. The van der Waals surface area contributed by atoms with Crippen molar-refractivity contribution in [3.05, 3.63) is 98.8 Å². The first kappa shape index (κ1) is 24.0. The van der Waals surface area contributed by atoms with Crippen molar-refractivity contribution in [1.82, 2.24) is 4.57 Å². The van der Waals surface area contributed by atoms with Gasteiger partial charge in [-0.2, -0.15) is 0 Å². The van der Waals surface area contributed by atoms with E-state index < -0.39 is 11.2 Å². The molecule has 0 unspecified atom stereocenters. The summed E-state index contributed by atoms with van der Waals surface area (Å²) in [4.78, 5) is 39.5. The molecule has 178 valence electrons. The first-order valence-electron chi connectivity index (χ1n) is 10.8. The number of methoxy groups -OCH3 is 2. The lowest BCUT2D eigenvalue weighted by atomic mass is 10.0. The molecule has 3 aromatic carbocycles. The molecule has 8 heteroatoms. The minimum Gasteiger partial charge on any atom is -0.497 e. The van der Waals surface area contributed by atoms with Crippen molar-refractivity contribution in [2.24, 2.45) is 0 Å². The number of fused-ring (bicyclic) bond motifs is 1. The van der Waals surface area contributed by atoms with Crippen LogP contribution in [0, 0.1) is 6.92 Å². The van der Waals surface area contributed by atoms with E-state index >= 15 is 0 Å². The summed E-state index contributed by atoms with van der Waals surface area (Å²) in [5.74, 6) is 0.201. The number of aromatic nitrogens is 1. The fourth-order valence-corrected chi connectivity index (χ4v) is 3.95. The third kappa shape index (κ3) is 5.05. The van der Waals surface area contributed by atoms with Crippen molar-refractivity contribution >= 4 is 39.9 Å². The molecule has 0 radical (unpaired) electrons. The van der Waals surface area contributed by atoms with Crippen molar-refractivity contribution in [3.8, 4) is 11.5 Å². The Morgan fingerprint density at radius 3 is 2.40 bits per heavy atom. The Balaban J connectivity index is 1.75. The van der Waals surface area contributed by atoms with Crippen molar-refractivity contribution in [2.75, 3.05) is 19.5 Å². The van der Waals surface area contributed by atoms with Gasteiger partial charge in [0.1, 0.15) is 18.0 Å². The van der Waals surface area contributed by atoms with E-state index in [0.717, 1.165) is 5.56 Å². The number of ketones is 1. The van der Waals surface area contributed by atoms with Gasteiger partial charge in [-0.25, -0.2) is 0 Å². The van der Waals surface area contributed by atoms with E-state index in [-0.39, 0.29) is 23.4 Å². The van der Waals surface area contributed by atoms with Crippen LogP contribution in [0.2, 0.25) is 5.02 Å². The van der Waals surface area contributed by atoms with Gasteiger partial charge in [0.15, 0.2) is 5.78 Å². The van der Waals surface area contributed by atoms with Crippen LogP contribution in [0.5, 0.6) is 11.5 Å². The Kier molecular flexibility index (Phi) is 6.89. The Morgan fingerprint density at radius 1 is 0.971 bits per heavy atom. The highest BCUT2D eigenvalue weighted by atomic mass is 35.5. The number of hydrogen-bond acceptors (Lipinski definition) is 5. The lowest BCUT2D eigenvalue weighted by Crippen LogP contribution is -2.24. The van der Waals surface area contributed by atoms with Gasteiger partial charge in [0.25, 0.3) is 0 Å². The Bertz CT molecular complexity index is 1490. The van der Waals surface area contributed by atoms with Crippen LogP contribution >= 0.6 is 11.6 Å². The van der Waals surface area contributed by atoms with E-state index in [9.17, 15) is 14.4 Å². The molecular formula is C27H23ClN2O5. The molecule has 1 heterocycles. The SMILES string of the molecule is COc1ccc(OC)c(NC(=O)Cn2cc(C(=O)c3ccc(C)cc3)c(=O)c3cc(Cl)ccc32)c1. The molecule has 4 aromatic rings. The number of halogens is 1. The van der Waals surface area contributed by atoms with Crippen LogP contribution in [0.4, 0.5) is 5.69 Å². The van der Waals surface area contributed by atoms with Gasteiger partial charge in [-0.05, 0) is 37.3 Å². The predicted octanol–water partition coefficient (Wildman–Crippen LogP) is 4.85. The molecule has 0 saturated carbocycles. The average Bonchev–Trinajstić information content (AvgIpc) is 2.85. The maximum atomic E-state index is 13.2. The number of carbonyl (C=O) groups is 2. The van der Waals surface area contributed by atoms with E-state index in [2.05, 4.69) is 5.32 Å². The van der Waals surface area contributed by atoms with E-state index in [1.807, 2.05) is 6.92 Å². The second-order valence-electron chi connectivity index (χ2n) is 7.97. The van der Waals surface area contributed by atoms with Crippen LogP contribution in [0.15, 0.2) is 71.7 Å². The fourth-order valence-electron chi connectivity index (χ4n) is 3.78. The molecule has 1 N–H and O–H groups in total. The quantitative estimate of drug-likeness (QED) is 0.374. The molecule has 0 atom stereocenters. The first-order valence-corrected chi connectivity index (χ1v) is 11.1. The molecule has 0 aliphatic rings. The number of aryl methyl sites for hydroxylation is 1. The average molecular weight is 491 g/mol.